The number of carbonyl (C=O) groups is 1. The minimum absolute atomic E-state index is 0.102. The van der Waals surface area contributed by atoms with E-state index >= 15 is 0 Å². The highest BCUT2D eigenvalue weighted by Crippen LogP contribution is 2.12. The number of hydrogen-bond donors (Lipinski definition) is 2. The summed E-state index contributed by atoms with van der Waals surface area (Å²) < 4.78 is 1.71. The van der Waals surface area contributed by atoms with Crippen LogP contribution in [-0.2, 0) is 7.05 Å². The van der Waals surface area contributed by atoms with Crippen molar-refractivity contribution >= 4 is 17.5 Å². The molecule has 0 aliphatic carbocycles. The number of nitrogens with zero attached hydrogens (tertiary/aromatic N) is 1. The van der Waals surface area contributed by atoms with Crippen LogP contribution in [0.3, 0.4) is 0 Å². The van der Waals surface area contributed by atoms with Crippen molar-refractivity contribution in [3.8, 4) is 0 Å². The van der Waals surface area contributed by atoms with Crippen LogP contribution in [0.1, 0.15) is 10.5 Å². The first-order valence-corrected chi connectivity index (χ1v) is 4.77. The zero-order valence-corrected chi connectivity index (χ0v) is 9.06. The van der Waals surface area contributed by atoms with E-state index in [1.165, 1.54) is 0 Å². The molecule has 0 saturated heterocycles. The third-order valence-electron chi connectivity index (χ3n) is 1.86. The molecule has 1 aromatic rings. The Bertz CT molecular complexity index is 322. The number of rotatable bonds is 4. The van der Waals surface area contributed by atoms with Crippen LogP contribution in [0.4, 0.5) is 0 Å². The Morgan fingerprint density at radius 2 is 2.29 bits per heavy atom. The Morgan fingerprint density at radius 1 is 1.57 bits per heavy atom. The van der Waals surface area contributed by atoms with Gasteiger partial charge in [0.25, 0.3) is 5.91 Å². The Balaban J connectivity index is 2.56. The van der Waals surface area contributed by atoms with E-state index in [0.717, 1.165) is 6.54 Å². The van der Waals surface area contributed by atoms with Crippen molar-refractivity contribution in [3.05, 3.63) is 23.0 Å². The van der Waals surface area contributed by atoms with Crippen LogP contribution in [-0.4, -0.2) is 30.6 Å². The van der Waals surface area contributed by atoms with Crippen LogP contribution in [0.15, 0.2) is 12.3 Å². The summed E-state index contributed by atoms with van der Waals surface area (Å²) in [7, 11) is 3.63. The van der Waals surface area contributed by atoms with Gasteiger partial charge in [-0.1, -0.05) is 11.6 Å². The van der Waals surface area contributed by atoms with Gasteiger partial charge in [0.2, 0.25) is 0 Å². The summed E-state index contributed by atoms with van der Waals surface area (Å²) >= 11 is 5.76. The fourth-order valence-electron chi connectivity index (χ4n) is 1.14. The molecule has 0 aliphatic rings. The molecule has 0 unspecified atom stereocenters. The highest BCUT2D eigenvalue weighted by atomic mass is 35.5. The van der Waals surface area contributed by atoms with Gasteiger partial charge in [-0.2, -0.15) is 0 Å². The molecule has 0 aromatic carbocycles. The van der Waals surface area contributed by atoms with E-state index in [4.69, 9.17) is 11.6 Å². The first kappa shape index (κ1) is 11.1. The lowest BCUT2D eigenvalue weighted by molar-refractivity contribution is 0.0946. The highest BCUT2D eigenvalue weighted by Gasteiger charge is 2.09. The van der Waals surface area contributed by atoms with Crippen molar-refractivity contribution in [1.29, 1.82) is 0 Å². The number of halogens is 1. The van der Waals surface area contributed by atoms with Gasteiger partial charge < -0.3 is 15.2 Å². The van der Waals surface area contributed by atoms with E-state index in [1.54, 1.807) is 23.9 Å². The van der Waals surface area contributed by atoms with Crippen LogP contribution in [0.5, 0.6) is 0 Å². The molecule has 0 spiro atoms. The van der Waals surface area contributed by atoms with Gasteiger partial charge in [-0.05, 0) is 13.1 Å². The normalized spacial score (nSPS) is 10.2. The number of nitrogens with one attached hydrogen (secondary N) is 2. The topological polar surface area (TPSA) is 46.1 Å². The molecular weight excluding hydrogens is 202 g/mol. The number of aryl methyl sites for hydroxylation is 1. The lowest BCUT2D eigenvalue weighted by atomic mass is 10.4. The standard InChI is InChI=1S/C9H14ClN3O/c1-11-3-4-12-9(14)8-5-7(10)6-13(8)2/h5-6,11H,3-4H2,1-2H3,(H,12,14). The maximum absolute atomic E-state index is 11.5. The van der Waals surface area contributed by atoms with E-state index in [9.17, 15) is 4.79 Å². The molecule has 0 aliphatic heterocycles. The highest BCUT2D eigenvalue weighted by molar-refractivity contribution is 6.31. The SMILES string of the molecule is CNCCNC(=O)c1cc(Cl)cn1C. The molecule has 0 radical (unpaired) electrons. The van der Waals surface area contributed by atoms with Crippen molar-refractivity contribution in [2.24, 2.45) is 7.05 Å². The van der Waals surface area contributed by atoms with E-state index < -0.39 is 0 Å². The van der Waals surface area contributed by atoms with Crippen LogP contribution >= 0.6 is 11.6 Å². The van der Waals surface area contributed by atoms with Crippen molar-refractivity contribution in [3.63, 3.8) is 0 Å². The fourth-order valence-corrected chi connectivity index (χ4v) is 1.39. The number of hydrogen-bond acceptors (Lipinski definition) is 2. The van der Waals surface area contributed by atoms with E-state index in [2.05, 4.69) is 10.6 Å². The lowest BCUT2D eigenvalue weighted by Gasteiger charge is -2.04. The first-order valence-electron chi connectivity index (χ1n) is 4.40. The van der Waals surface area contributed by atoms with Crippen LogP contribution in [0, 0.1) is 0 Å². The fraction of sp³-hybridized carbons (Fsp3) is 0.444. The predicted octanol–water partition coefficient (Wildman–Crippen LogP) is 0.628. The molecule has 1 heterocycles. The average molecular weight is 216 g/mol. The average Bonchev–Trinajstić information content (AvgIpc) is 2.45. The first-order chi connectivity index (χ1) is 6.65. The van der Waals surface area contributed by atoms with Gasteiger partial charge in [-0.15, -0.1) is 0 Å². The summed E-state index contributed by atoms with van der Waals surface area (Å²) in [6.07, 6.45) is 1.70. The Labute approximate surface area is 88.2 Å². The molecule has 0 fully saturated rings. The van der Waals surface area contributed by atoms with Gasteiger partial charge >= 0.3 is 0 Å². The lowest BCUT2D eigenvalue weighted by Crippen LogP contribution is -2.31. The minimum Gasteiger partial charge on any atom is -0.349 e. The van der Waals surface area contributed by atoms with Gasteiger partial charge in [0, 0.05) is 26.3 Å². The van der Waals surface area contributed by atoms with Crippen molar-refractivity contribution in [2.75, 3.05) is 20.1 Å². The largest absolute Gasteiger partial charge is 0.349 e. The Kier molecular flexibility index (Phi) is 3.98. The van der Waals surface area contributed by atoms with Crippen molar-refractivity contribution in [1.82, 2.24) is 15.2 Å². The van der Waals surface area contributed by atoms with Crippen LogP contribution in [0.25, 0.3) is 0 Å². The molecule has 5 heteroatoms. The second-order valence-corrected chi connectivity index (χ2v) is 3.45. The molecule has 1 rings (SSSR count). The summed E-state index contributed by atoms with van der Waals surface area (Å²) in [5.74, 6) is -0.102. The van der Waals surface area contributed by atoms with Gasteiger partial charge in [-0.25, -0.2) is 0 Å². The quantitative estimate of drug-likeness (QED) is 0.724. The summed E-state index contributed by atoms with van der Waals surface area (Å²) in [6.45, 7) is 1.36. The number of aromatic nitrogens is 1. The summed E-state index contributed by atoms with van der Waals surface area (Å²) in [6, 6.07) is 1.65. The number of likely N-dealkylation sites (N-methyl/N-ethyl adjacent to an activating group) is 1. The molecular formula is C9H14ClN3O. The third kappa shape index (κ3) is 2.75. The minimum atomic E-state index is -0.102. The zero-order valence-electron chi connectivity index (χ0n) is 8.30. The molecule has 0 bridgehead atoms. The molecule has 1 amide bonds. The van der Waals surface area contributed by atoms with Crippen molar-refractivity contribution in [2.45, 2.75) is 0 Å². The maximum Gasteiger partial charge on any atom is 0.267 e. The van der Waals surface area contributed by atoms with E-state index in [1.807, 2.05) is 7.05 Å². The number of amides is 1. The molecule has 2 N–H and O–H groups in total. The Morgan fingerprint density at radius 3 is 2.79 bits per heavy atom. The van der Waals surface area contributed by atoms with Crippen LogP contribution in [0.2, 0.25) is 5.02 Å². The Hall–Kier alpha value is -1.00. The van der Waals surface area contributed by atoms with E-state index in [0.29, 0.717) is 17.3 Å². The molecule has 4 nitrogen and oxygen atoms in total. The van der Waals surface area contributed by atoms with E-state index in [-0.39, 0.29) is 5.91 Å². The summed E-state index contributed by atoms with van der Waals surface area (Å²) in [5.41, 5.74) is 0.575. The second-order valence-electron chi connectivity index (χ2n) is 3.01. The second kappa shape index (κ2) is 5.02. The smallest absolute Gasteiger partial charge is 0.267 e. The summed E-state index contributed by atoms with van der Waals surface area (Å²) in [5, 5.41) is 6.30. The molecule has 78 valence electrons. The summed E-state index contributed by atoms with van der Waals surface area (Å²) in [4.78, 5) is 11.5. The molecule has 14 heavy (non-hydrogen) atoms. The molecule has 0 saturated carbocycles. The van der Waals surface area contributed by atoms with Crippen LogP contribution < -0.4 is 10.6 Å². The molecule has 0 atom stereocenters. The number of carbonyl (C=O) groups excluding carboxylic acids is 1. The van der Waals surface area contributed by atoms with Gasteiger partial charge in [0.1, 0.15) is 5.69 Å². The zero-order chi connectivity index (χ0) is 10.6. The van der Waals surface area contributed by atoms with Crippen molar-refractivity contribution < 1.29 is 4.79 Å². The maximum atomic E-state index is 11.5. The predicted molar refractivity (Wildman–Crippen MR) is 56.7 cm³/mol. The molecule has 1 aromatic heterocycles. The van der Waals surface area contributed by atoms with Gasteiger partial charge in [0.15, 0.2) is 0 Å². The monoisotopic (exact) mass is 215 g/mol. The van der Waals surface area contributed by atoms with Gasteiger partial charge in [0.05, 0.1) is 5.02 Å². The third-order valence-corrected chi connectivity index (χ3v) is 2.07. The van der Waals surface area contributed by atoms with Gasteiger partial charge in [-0.3, -0.25) is 4.79 Å².